The quantitative estimate of drug-likeness (QED) is 0.239. The lowest BCUT2D eigenvalue weighted by atomic mass is 10.0. The number of rotatable bonds is 10. The van der Waals surface area contributed by atoms with Crippen molar-refractivity contribution in [3.05, 3.63) is 0 Å². The molecule has 0 aliphatic carbocycles. The molecular formula is C15H32IN3O3. The third kappa shape index (κ3) is 11.4. The average molecular weight is 429 g/mol. The van der Waals surface area contributed by atoms with Gasteiger partial charge in [0.2, 0.25) is 0 Å². The highest BCUT2D eigenvalue weighted by Gasteiger charge is 2.13. The molecule has 1 aliphatic rings. The number of methoxy groups -OCH3 is 1. The van der Waals surface area contributed by atoms with Crippen LogP contribution >= 0.6 is 24.0 Å². The summed E-state index contributed by atoms with van der Waals surface area (Å²) < 4.78 is 16.1. The second kappa shape index (κ2) is 15.8. The number of hydrogen-bond acceptors (Lipinski definition) is 4. The maximum Gasteiger partial charge on any atom is 0.190 e. The monoisotopic (exact) mass is 429 g/mol. The van der Waals surface area contributed by atoms with Crippen molar-refractivity contribution in [2.24, 2.45) is 10.9 Å². The SMILES string of the molecule is CN=C(NCCCOC)NCCCOCC1CCOCC1.I. The Bertz CT molecular complexity index is 275. The number of guanidine groups is 1. The summed E-state index contributed by atoms with van der Waals surface area (Å²) in [6.45, 7) is 5.95. The van der Waals surface area contributed by atoms with E-state index < -0.39 is 0 Å². The van der Waals surface area contributed by atoms with Crippen molar-refractivity contribution in [2.75, 3.05) is 60.3 Å². The van der Waals surface area contributed by atoms with Crippen LogP contribution < -0.4 is 10.6 Å². The van der Waals surface area contributed by atoms with Gasteiger partial charge in [-0.15, -0.1) is 24.0 Å². The van der Waals surface area contributed by atoms with Crippen LogP contribution in [0.1, 0.15) is 25.7 Å². The molecule has 0 unspecified atom stereocenters. The van der Waals surface area contributed by atoms with Gasteiger partial charge >= 0.3 is 0 Å². The van der Waals surface area contributed by atoms with Crippen LogP contribution in [0.15, 0.2) is 4.99 Å². The van der Waals surface area contributed by atoms with E-state index in [2.05, 4.69) is 15.6 Å². The molecule has 0 aromatic rings. The number of nitrogens with one attached hydrogen (secondary N) is 2. The molecule has 0 aromatic carbocycles. The maximum atomic E-state index is 5.73. The molecule has 22 heavy (non-hydrogen) atoms. The molecule has 7 heteroatoms. The Morgan fingerprint density at radius 1 is 1.14 bits per heavy atom. The first-order valence-electron chi connectivity index (χ1n) is 7.95. The smallest absolute Gasteiger partial charge is 0.190 e. The van der Waals surface area contributed by atoms with E-state index >= 15 is 0 Å². The molecule has 1 rings (SSSR count). The van der Waals surface area contributed by atoms with Gasteiger partial charge in [-0.25, -0.2) is 0 Å². The van der Waals surface area contributed by atoms with Crippen LogP contribution in [0, 0.1) is 5.92 Å². The summed E-state index contributed by atoms with van der Waals surface area (Å²) in [5, 5.41) is 6.53. The summed E-state index contributed by atoms with van der Waals surface area (Å²) in [4.78, 5) is 4.18. The second-order valence-corrected chi connectivity index (χ2v) is 5.26. The van der Waals surface area contributed by atoms with Gasteiger partial charge in [0.1, 0.15) is 0 Å². The number of hydrogen-bond donors (Lipinski definition) is 2. The van der Waals surface area contributed by atoms with Gasteiger partial charge in [0.05, 0.1) is 0 Å². The maximum absolute atomic E-state index is 5.73. The molecule has 0 radical (unpaired) electrons. The van der Waals surface area contributed by atoms with Gasteiger partial charge in [-0.05, 0) is 31.6 Å². The highest BCUT2D eigenvalue weighted by atomic mass is 127. The first-order valence-corrected chi connectivity index (χ1v) is 7.95. The highest BCUT2D eigenvalue weighted by molar-refractivity contribution is 14.0. The van der Waals surface area contributed by atoms with Crippen LogP contribution in [0.2, 0.25) is 0 Å². The van der Waals surface area contributed by atoms with Crippen LogP contribution in [0.3, 0.4) is 0 Å². The normalized spacial score (nSPS) is 16.2. The molecule has 0 amide bonds. The van der Waals surface area contributed by atoms with E-state index in [1.54, 1.807) is 14.2 Å². The molecule has 1 saturated heterocycles. The molecule has 1 heterocycles. The van der Waals surface area contributed by atoms with Crippen LogP contribution in [-0.2, 0) is 14.2 Å². The number of ether oxygens (including phenoxy) is 3. The molecule has 0 atom stereocenters. The number of halogens is 1. The van der Waals surface area contributed by atoms with Crippen LogP contribution in [-0.4, -0.2) is 66.2 Å². The van der Waals surface area contributed by atoms with Crippen molar-refractivity contribution in [1.29, 1.82) is 0 Å². The Morgan fingerprint density at radius 3 is 2.36 bits per heavy atom. The van der Waals surface area contributed by atoms with Crippen LogP contribution in [0.25, 0.3) is 0 Å². The molecule has 1 fully saturated rings. The molecular weight excluding hydrogens is 397 g/mol. The molecule has 1 aliphatic heterocycles. The summed E-state index contributed by atoms with van der Waals surface area (Å²) in [5.41, 5.74) is 0. The Balaban J connectivity index is 0.00000441. The zero-order valence-corrected chi connectivity index (χ0v) is 16.3. The Hall–Kier alpha value is -0.120. The van der Waals surface area contributed by atoms with Gasteiger partial charge in [0, 0.05) is 60.3 Å². The fourth-order valence-electron chi connectivity index (χ4n) is 2.19. The van der Waals surface area contributed by atoms with E-state index in [1.807, 2.05) is 0 Å². The Morgan fingerprint density at radius 2 is 1.77 bits per heavy atom. The van der Waals surface area contributed by atoms with E-state index in [-0.39, 0.29) is 24.0 Å². The Labute approximate surface area is 151 Å². The van der Waals surface area contributed by atoms with Crippen molar-refractivity contribution in [1.82, 2.24) is 10.6 Å². The van der Waals surface area contributed by atoms with Gasteiger partial charge in [0.15, 0.2) is 5.96 Å². The van der Waals surface area contributed by atoms with Crippen molar-refractivity contribution < 1.29 is 14.2 Å². The van der Waals surface area contributed by atoms with Crippen molar-refractivity contribution >= 4 is 29.9 Å². The standard InChI is InChI=1S/C15H31N3O3.HI/c1-16-15(17-7-3-9-19-2)18-8-4-10-21-13-14-5-11-20-12-6-14;/h14H,3-13H2,1-2H3,(H2,16,17,18);1H. The summed E-state index contributed by atoms with van der Waals surface area (Å²) in [5.74, 6) is 1.53. The third-order valence-corrected chi connectivity index (χ3v) is 3.49. The average Bonchev–Trinajstić information content (AvgIpc) is 2.53. The largest absolute Gasteiger partial charge is 0.385 e. The Kier molecular flexibility index (Phi) is 15.7. The van der Waals surface area contributed by atoms with Gasteiger partial charge < -0.3 is 24.8 Å². The molecule has 0 saturated carbocycles. The van der Waals surface area contributed by atoms with Gasteiger partial charge in [-0.1, -0.05) is 0 Å². The highest BCUT2D eigenvalue weighted by Crippen LogP contribution is 2.14. The first kappa shape index (κ1) is 21.9. The molecule has 0 aromatic heterocycles. The summed E-state index contributed by atoms with van der Waals surface area (Å²) in [6.07, 6.45) is 4.24. The lowest BCUT2D eigenvalue weighted by molar-refractivity contribution is 0.0203. The number of nitrogens with zero attached hydrogens (tertiary/aromatic N) is 1. The van der Waals surface area contributed by atoms with E-state index in [1.165, 1.54) is 0 Å². The van der Waals surface area contributed by atoms with E-state index in [0.29, 0.717) is 5.92 Å². The lowest BCUT2D eigenvalue weighted by Gasteiger charge is -2.21. The summed E-state index contributed by atoms with van der Waals surface area (Å²) >= 11 is 0. The molecule has 0 bridgehead atoms. The van der Waals surface area contributed by atoms with E-state index in [4.69, 9.17) is 14.2 Å². The minimum absolute atomic E-state index is 0. The summed E-state index contributed by atoms with van der Waals surface area (Å²) in [7, 11) is 3.50. The fourth-order valence-corrected chi connectivity index (χ4v) is 2.19. The van der Waals surface area contributed by atoms with E-state index in [0.717, 1.165) is 77.8 Å². The third-order valence-electron chi connectivity index (χ3n) is 3.49. The van der Waals surface area contributed by atoms with Gasteiger partial charge in [-0.3, -0.25) is 4.99 Å². The molecule has 6 nitrogen and oxygen atoms in total. The van der Waals surface area contributed by atoms with E-state index in [9.17, 15) is 0 Å². The summed E-state index contributed by atoms with van der Waals surface area (Å²) in [6, 6.07) is 0. The van der Waals surface area contributed by atoms with Crippen molar-refractivity contribution in [3.8, 4) is 0 Å². The molecule has 2 N–H and O–H groups in total. The zero-order valence-electron chi connectivity index (χ0n) is 13.9. The fraction of sp³-hybridized carbons (Fsp3) is 0.933. The van der Waals surface area contributed by atoms with Gasteiger partial charge in [0.25, 0.3) is 0 Å². The lowest BCUT2D eigenvalue weighted by Crippen LogP contribution is -2.38. The minimum Gasteiger partial charge on any atom is -0.385 e. The van der Waals surface area contributed by atoms with Gasteiger partial charge in [-0.2, -0.15) is 0 Å². The molecule has 0 spiro atoms. The predicted octanol–water partition coefficient (Wildman–Crippen LogP) is 1.64. The zero-order chi connectivity index (χ0) is 15.2. The van der Waals surface area contributed by atoms with Crippen molar-refractivity contribution in [2.45, 2.75) is 25.7 Å². The number of aliphatic imine (C=N–C) groups is 1. The van der Waals surface area contributed by atoms with Crippen molar-refractivity contribution in [3.63, 3.8) is 0 Å². The first-order chi connectivity index (χ1) is 10.4. The van der Waals surface area contributed by atoms with Crippen LogP contribution in [0.4, 0.5) is 0 Å². The second-order valence-electron chi connectivity index (χ2n) is 5.26. The topological polar surface area (TPSA) is 64.1 Å². The van der Waals surface area contributed by atoms with Crippen LogP contribution in [0.5, 0.6) is 0 Å². The minimum atomic E-state index is 0. The predicted molar refractivity (Wildman–Crippen MR) is 100 cm³/mol. The molecule has 132 valence electrons.